The molecule has 0 aromatic heterocycles. The number of hydrogen-bond donors (Lipinski definition) is 2. The van der Waals surface area contributed by atoms with Crippen molar-refractivity contribution in [3.05, 3.63) is 0 Å². The third-order valence-corrected chi connectivity index (χ3v) is 2.98. The highest BCUT2D eigenvalue weighted by atomic mass is 16.5. The molecule has 0 saturated carbocycles. The van der Waals surface area contributed by atoms with Crippen LogP contribution in [0.25, 0.3) is 0 Å². The topological polar surface area (TPSA) is 53.6 Å². The first-order valence-electron chi connectivity index (χ1n) is 5.67. The number of rotatable bonds is 3. The van der Waals surface area contributed by atoms with E-state index >= 15 is 0 Å². The maximum Gasteiger partial charge on any atom is 0.317 e. The highest BCUT2D eigenvalue weighted by Crippen LogP contribution is 2.09. The second-order valence-electron chi connectivity index (χ2n) is 4.16. The van der Waals surface area contributed by atoms with Gasteiger partial charge >= 0.3 is 6.03 Å². The SMILES string of the molecule is CCC1CN(CC2CNCCO2)C(=O)N1. The summed E-state index contributed by atoms with van der Waals surface area (Å²) >= 11 is 0. The van der Waals surface area contributed by atoms with Crippen LogP contribution in [0.15, 0.2) is 0 Å². The molecular formula is C10H19N3O2. The smallest absolute Gasteiger partial charge is 0.317 e. The van der Waals surface area contributed by atoms with Gasteiger partial charge in [-0.25, -0.2) is 4.79 Å². The van der Waals surface area contributed by atoms with Gasteiger partial charge < -0.3 is 20.3 Å². The number of hydrogen-bond acceptors (Lipinski definition) is 3. The third-order valence-electron chi connectivity index (χ3n) is 2.98. The minimum Gasteiger partial charge on any atom is -0.374 e. The summed E-state index contributed by atoms with van der Waals surface area (Å²) in [5, 5.41) is 6.22. The zero-order valence-electron chi connectivity index (χ0n) is 9.16. The van der Waals surface area contributed by atoms with Crippen LogP contribution in [-0.2, 0) is 4.74 Å². The van der Waals surface area contributed by atoms with E-state index in [1.54, 1.807) is 0 Å². The van der Waals surface area contributed by atoms with Gasteiger partial charge in [0.2, 0.25) is 0 Å². The van der Waals surface area contributed by atoms with Gasteiger partial charge in [0.25, 0.3) is 0 Å². The van der Waals surface area contributed by atoms with Gasteiger partial charge in [0.15, 0.2) is 0 Å². The van der Waals surface area contributed by atoms with Crippen molar-refractivity contribution in [1.29, 1.82) is 0 Å². The van der Waals surface area contributed by atoms with Crippen molar-refractivity contribution >= 4 is 6.03 Å². The lowest BCUT2D eigenvalue weighted by Gasteiger charge is -2.27. The Hall–Kier alpha value is -0.810. The fourth-order valence-electron chi connectivity index (χ4n) is 2.03. The Kier molecular flexibility index (Phi) is 3.43. The fourth-order valence-corrected chi connectivity index (χ4v) is 2.03. The van der Waals surface area contributed by atoms with Gasteiger partial charge in [-0.05, 0) is 6.42 Å². The molecule has 2 saturated heterocycles. The molecule has 2 atom stereocenters. The molecule has 2 aliphatic rings. The molecule has 2 unspecified atom stereocenters. The normalized spacial score (nSPS) is 31.8. The summed E-state index contributed by atoms with van der Waals surface area (Å²) in [5.41, 5.74) is 0. The summed E-state index contributed by atoms with van der Waals surface area (Å²) in [6.45, 7) is 6.12. The van der Waals surface area contributed by atoms with Crippen molar-refractivity contribution in [2.45, 2.75) is 25.5 Å². The Morgan fingerprint density at radius 1 is 1.60 bits per heavy atom. The van der Waals surface area contributed by atoms with Crippen LogP contribution in [0.3, 0.4) is 0 Å². The van der Waals surface area contributed by atoms with Gasteiger partial charge in [0, 0.05) is 32.2 Å². The van der Waals surface area contributed by atoms with Gasteiger partial charge in [0.1, 0.15) is 0 Å². The molecule has 2 amide bonds. The lowest BCUT2D eigenvalue weighted by Crippen LogP contribution is -2.46. The molecule has 2 heterocycles. The number of nitrogens with zero attached hydrogens (tertiary/aromatic N) is 1. The second-order valence-corrected chi connectivity index (χ2v) is 4.16. The van der Waals surface area contributed by atoms with Crippen molar-refractivity contribution < 1.29 is 9.53 Å². The number of urea groups is 1. The summed E-state index contributed by atoms with van der Waals surface area (Å²) in [5.74, 6) is 0. The van der Waals surface area contributed by atoms with E-state index in [0.29, 0.717) is 12.6 Å². The molecule has 2 rings (SSSR count). The van der Waals surface area contributed by atoms with Gasteiger partial charge in [-0.2, -0.15) is 0 Å². The molecule has 2 fully saturated rings. The van der Waals surface area contributed by atoms with E-state index in [9.17, 15) is 4.79 Å². The Labute approximate surface area is 90.1 Å². The first-order chi connectivity index (χ1) is 7.29. The van der Waals surface area contributed by atoms with Gasteiger partial charge in [0.05, 0.1) is 12.7 Å². The van der Waals surface area contributed by atoms with E-state index < -0.39 is 0 Å². The van der Waals surface area contributed by atoms with Gasteiger partial charge in [-0.3, -0.25) is 0 Å². The molecule has 86 valence electrons. The van der Waals surface area contributed by atoms with Crippen molar-refractivity contribution in [2.24, 2.45) is 0 Å². The van der Waals surface area contributed by atoms with E-state index in [-0.39, 0.29) is 12.1 Å². The number of ether oxygens (including phenoxy) is 1. The fraction of sp³-hybridized carbons (Fsp3) is 0.900. The summed E-state index contributed by atoms with van der Waals surface area (Å²) in [4.78, 5) is 13.4. The Morgan fingerprint density at radius 2 is 2.47 bits per heavy atom. The number of morpholine rings is 1. The molecule has 0 spiro atoms. The maximum atomic E-state index is 11.6. The largest absolute Gasteiger partial charge is 0.374 e. The van der Waals surface area contributed by atoms with Crippen molar-refractivity contribution in [3.8, 4) is 0 Å². The molecule has 5 nitrogen and oxygen atoms in total. The van der Waals surface area contributed by atoms with E-state index in [1.165, 1.54) is 0 Å². The van der Waals surface area contributed by atoms with E-state index in [4.69, 9.17) is 4.74 Å². The minimum atomic E-state index is 0.0519. The predicted octanol–water partition coefficient (Wildman–Crippen LogP) is -0.221. The molecule has 5 heteroatoms. The molecule has 0 bridgehead atoms. The minimum absolute atomic E-state index is 0.0519. The van der Waals surface area contributed by atoms with Gasteiger partial charge in [-0.15, -0.1) is 0 Å². The van der Waals surface area contributed by atoms with E-state index in [0.717, 1.165) is 32.7 Å². The van der Waals surface area contributed by atoms with Crippen LogP contribution >= 0.6 is 0 Å². The Bertz CT molecular complexity index is 229. The molecule has 0 aliphatic carbocycles. The number of carbonyl (C=O) groups is 1. The van der Waals surface area contributed by atoms with Crippen LogP contribution in [0.4, 0.5) is 4.79 Å². The lowest BCUT2D eigenvalue weighted by molar-refractivity contribution is 0.0145. The molecule has 15 heavy (non-hydrogen) atoms. The Morgan fingerprint density at radius 3 is 3.07 bits per heavy atom. The van der Waals surface area contributed by atoms with Crippen LogP contribution in [0.1, 0.15) is 13.3 Å². The third kappa shape index (κ3) is 2.60. The molecule has 2 aliphatic heterocycles. The summed E-state index contributed by atoms with van der Waals surface area (Å²) in [7, 11) is 0. The van der Waals surface area contributed by atoms with Gasteiger partial charge in [-0.1, -0.05) is 6.92 Å². The maximum absolute atomic E-state index is 11.6. The monoisotopic (exact) mass is 213 g/mol. The molecule has 0 aromatic carbocycles. The second kappa shape index (κ2) is 4.81. The predicted molar refractivity (Wildman–Crippen MR) is 56.8 cm³/mol. The van der Waals surface area contributed by atoms with Crippen molar-refractivity contribution in [2.75, 3.05) is 32.8 Å². The number of carbonyl (C=O) groups excluding carboxylic acids is 1. The van der Waals surface area contributed by atoms with E-state index in [2.05, 4.69) is 17.6 Å². The van der Waals surface area contributed by atoms with Crippen molar-refractivity contribution in [3.63, 3.8) is 0 Å². The highest BCUT2D eigenvalue weighted by Gasteiger charge is 2.29. The summed E-state index contributed by atoms with van der Waals surface area (Å²) < 4.78 is 5.57. The number of amides is 2. The average Bonchev–Trinajstić information content (AvgIpc) is 2.61. The highest BCUT2D eigenvalue weighted by molar-refractivity contribution is 5.76. The Balaban J connectivity index is 1.81. The van der Waals surface area contributed by atoms with Crippen LogP contribution in [0.2, 0.25) is 0 Å². The van der Waals surface area contributed by atoms with Crippen LogP contribution < -0.4 is 10.6 Å². The standard InChI is InChI=1S/C10H19N3O2/c1-2-8-6-13(10(14)12-8)7-9-5-11-3-4-15-9/h8-9,11H,2-7H2,1H3,(H,12,14). The van der Waals surface area contributed by atoms with Crippen LogP contribution in [0, 0.1) is 0 Å². The van der Waals surface area contributed by atoms with Crippen LogP contribution in [0.5, 0.6) is 0 Å². The summed E-state index contributed by atoms with van der Waals surface area (Å²) in [6, 6.07) is 0.366. The quantitative estimate of drug-likeness (QED) is 0.681. The summed E-state index contributed by atoms with van der Waals surface area (Å²) in [6.07, 6.45) is 1.14. The first-order valence-corrected chi connectivity index (χ1v) is 5.67. The molecule has 0 radical (unpaired) electrons. The lowest BCUT2D eigenvalue weighted by atomic mass is 10.2. The molecular weight excluding hydrogens is 194 g/mol. The zero-order valence-corrected chi connectivity index (χ0v) is 9.16. The molecule has 2 N–H and O–H groups in total. The number of nitrogens with one attached hydrogen (secondary N) is 2. The van der Waals surface area contributed by atoms with Crippen LogP contribution in [-0.4, -0.2) is 55.9 Å². The first kappa shape index (κ1) is 10.7. The van der Waals surface area contributed by atoms with Crippen molar-refractivity contribution in [1.82, 2.24) is 15.5 Å². The average molecular weight is 213 g/mol. The molecule has 0 aromatic rings. The van der Waals surface area contributed by atoms with E-state index in [1.807, 2.05) is 4.90 Å². The zero-order chi connectivity index (χ0) is 10.7.